The second-order valence-corrected chi connectivity index (χ2v) is 8.44. The molecule has 30 heavy (non-hydrogen) atoms. The van der Waals surface area contributed by atoms with Crippen LogP contribution in [-0.4, -0.2) is 33.7 Å². The molecular weight excluding hydrogens is 446 g/mol. The zero-order valence-corrected chi connectivity index (χ0v) is 18.4. The van der Waals surface area contributed by atoms with Gasteiger partial charge in [-0.3, -0.25) is 14.2 Å². The average Bonchev–Trinajstić information content (AvgIpc) is 2.99. The van der Waals surface area contributed by atoms with Crippen molar-refractivity contribution in [2.75, 3.05) is 18.1 Å². The number of hydrogen-bond donors (Lipinski definition) is 1. The Balaban J connectivity index is 1.81. The van der Waals surface area contributed by atoms with E-state index in [1.54, 1.807) is 10.6 Å². The number of carbonyl (C=O) groups is 1. The van der Waals surface area contributed by atoms with E-state index in [1.807, 2.05) is 41.3 Å². The van der Waals surface area contributed by atoms with Crippen LogP contribution in [0.25, 0.3) is 10.9 Å². The van der Waals surface area contributed by atoms with Gasteiger partial charge in [0.2, 0.25) is 5.91 Å². The van der Waals surface area contributed by atoms with E-state index in [2.05, 4.69) is 22.9 Å². The summed E-state index contributed by atoms with van der Waals surface area (Å²) in [5.41, 5.74) is 2.39. The van der Waals surface area contributed by atoms with Gasteiger partial charge in [0.05, 0.1) is 16.8 Å². The number of rotatable bonds is 7. The zero-order chi connectivity index (χ0) is 21.3. The molecule has 6 nitrogen and oxygen atoms in total. The molecule has 1 N–H and O–H groups in total. The maximum atomic E-state index is 13.3. The van der Waals surface area contributed by atoms with Crippen molar-refractivity contribution in [2.24, 2.45) is 0 Å². The normalized spacial score (nSPS) is 15.8. The average molecular weight is 470 g/mol. The molecule has 0 saturated carbocycles. The van der Waals surface area contributed by atoms with Crippen LogP contribution in [0.1, 0.15) is 37.1 Å². The fraction of sp³-hybridized carbons (Fsp3) is 0.348. The van der Waals surface area contributed by atoms with Crippen LogP contribution in [0.15, 0.2) is 51.7 Å². The first-order chi connectivity index (χ1) is 14.5. The summed E-state index contributed by atoms with van der Waals surface area (Å²) in [6.45, 7) is 3.07. The summed E-state index contributed by atoms with van der Waals surface area (Å²) >= 11 is 3.52. The number of nitrogens with zero attached hydrogens (tertiary/aromatic N) is 3. The summed E-state index contributed by atoms with van der Waals surface area (Å²) in [5, 5.41) is 9.85. The third-order valence-corrected chi connectivity index (χ3v) is 6.03. The van der Waals surface area contributed by atoms with E-state index in [0.29, 0.717) is 42.7 Å². The zero-order valence-electron chi connectivity index (χ0n) is 16.8. The van der Waals surface area contributed by atoms with Crippen LogP contribution in [0.3, 0.4) is 0 Å². The molecule has 1 unspecified atom stereocenters. The maximum Gasteiger partial charge on any atom is 0.261 e. The highest BCUT2D eigenvalue weighted by molar-refractivity contribution is 9.10. The molecule has 2 heterocycles. The Morgan fingerprint density at radius 2 is 1.93 bits per heavy atom. The van der Waals surface area contributed by atoms with Gasteiger partial charge in [-0.05, 0) is 48.7 Å². The van der Waals surface area contributed by atoms with Crippen molar-refractivity contribution in [3.8, 4) is 0 Å². The van der Waals surface area contributed by atoms with Gasteiger partial charge in [-0.15, -0.1) is 0 Å². The Morgan fingerprint density at radius 1 is 1.13 bits per heavy atom. The third-order valence-electron chi connectivity index (χ3n) is 5.53. The van der Waals surface area contributed by atoms with Gasteiger partial charge in [-0.1, -0.05) is 35.0 Å². The van der Waals surface area contributed by atoms with Gasteiger partial charge in [0, 0.05) is 36.3 Å². The molecule has 3 aromatic rings. The lowest BCUT2D eigenvalue weighted by atomic mass is 9.96. The highest BCUT2D eigenvalue weighted by Crippen LogP contribution is 2.40. The number of carbonyl (C=O) groups excluding carboxylic acids is 1. The van der Waals surface area contributed by atoms with E-state index in [9.17, 15) is 14.7 Å². The number of fused-ring (bicyclic) bond motifs is 2. The highest BCUT2D eigenvalue weighted by Gasteiger charge is 2.37. The first-order valence-corrected chi connectivity index (χ1v) is 11.0. The summed E-state index contributed by atoms with van der Waals surface area (Å²) in [6, 6.07) is 13.2. The quantitative estimate of drug-likeness (QED) is 0.573. The van der Waals surface area contributed by atoms with Crippen molar-refractivity contribution < 1.29 is 9.90 Å². The van der Waals surface area contributed by atoms with Crippen molar-refractivity contribution in [2.45, 2.75) is 38.6 Å². The minimum atomic E-state index is -0.391. The molecule has 1 aliphatic heterocycles. The fourth-order valence-corrected chi connectivity index (χ4v) is 4.53. The van der Waals surface area contributed by atoms with Crippen molar-refractivity contribution in [1.29, 1.82) is 0 Å². The monoisotopic (exact) mass is 469 g/mol. The second-order valence-electron chi connectivity index (χ2n) is 7.53. The highest BCUT2D eigenvalue weighted by atomic mass is 79.9. The van der Waals surface area contributed by atoms with E-state index in [1.165, 1.54) is 0 Å². The van der Waals surface area contributed by atoms with Gasteiger partial charge < -0.3 is 10.0 Å². The van der Waals surface area contributed by atoms with E-state index >= 15 is 0 Å². The molecule has 1 amide bonds. The first-order valence-electron chi connectivity index (χ1n) is 10.2. The van der Waals surface area contributed by atoms with Crippen LogP contribution in [0.4, 0.5) is 5.69 Å². The van der Waals surface area contributed by atoms with Gasteiger partial charge in [0.25, 0.3) is 5.56 Å². The Bertz CT molecular complexity index is 1160. The molecule has 0 aliphatic carbocycles. The summed E-state index contributed by atoms with van der Waals surface area (Å²) < 4.78 is 2.54. The number of aromatic nitrogens is 2. The van der Waals surface area contributed by atoms with E-state index < -0.39 is 5.92 Å². The molecule has 7 heteroatoms. The third kappa shape index (κ3) is 3.68. The van der Waals surface area contributed by atoms with Gasteiger partial charge in [-0.25, -0.2) is 4.98 Å². The van der Waals surface area contributed by atoms with Crippen molar-refractivity contribution in [3.63, 3.8) is 0 Å². The first kappa shape index (κ1) is 20.8. The number of aliphatic hydroxyl groups excluding tert-OH is 1. The van der Waals surface area contributed by atoms with Crippen LogP contribution in [-0.2, 0) is 17.8 Å². The Labute approximate surface area is 183 Å². The molecule has 0 saturated heterocycles. The van der Waals surface area contributed by atoms with Crippen molar-refractivity contribution in [3.05, 3.63) is 68.7 Å². The number of para-hydroxylation sites is 1. The largest absolute Gasteiger partial charge is 0.396 e. The van der Waals surface area contributed by atoms with Gasteiger partial charge in [0.1, 0.15) is 5.82 Å². The van der Waals surface area contributed by atoms with E-state index in [0.717, 1.165) is 22.1 Å². The Morgan fingerprint density at radius 3 is 2.70 bits per heavy atom. The van der Waals surface area contributed by atoms with Crippen LogP contribution < -0.4 is 10.5 Å². The molecule has 0 bridgehead atoms. The van der Waals surface area contributed by atoms with Gasteiger partial charge in [-0.2, -0.15) is 0 Å². The molecule has 4 rings (SSSR count). The number of halogens is 1. The molecule has 2 aromatic carbocycles. The molecule has 0 spiro atoms. The van der Waals surface area contributed by atoms with Gasteiger partial charge in [0.15, 0.2) is 0 Å². The van der Waals surface area contributed by atoms with Crippen LogP contribution in [0.5, 0.6) is 0 Å². The summed E-state index contributed by atoms with van der Waals surface area (Å²) in [4.78, 5) is 33.0. The van der Waals surface area contributed by atoms with Crippen molar-refractivity contribution >= 4 is 38.4 Å². The SMILES string of the molecule is CCCN1C(=O)C(Cc2nc3ccccc3c(=O)n2CCCO)c2cc(Br)ccc21. The lowest BCUT2D eigenvalue weighted by Crippen LogP contribution is -2.32. The molecular formula is C23H24BrN3O3. The molecule has 0 fully saturated rings. The minimum Gasteiger partial charge on any atom is -0.396 e. The number of aliphatic hydroxyl groups is 1. The molecule has 0 radical (unpaired) electrons. The number of hydrogen-bond acceptors (Lipinski definition) is 4. The predicted molar refractivity (Wildman–Crippen MR) is 121 cm³/mol. The Kier molecular flexibility index (Phi) is 6.01. The standard InChI is InChI=1S/C23H24BrN3O3/c1-2-10-26-20-9-8-15(24)13-17(20)18(23(26)30)14-21-25-19-7-4-3-6-16(19)22(29)27(21)11-5-12-28/h3-4,6-9,13,18,28H,2,5,10-12,14H2,1H3. The summed E-state index contributed by atoms with van der Waals surface area (Å²) in [6.07, 6.45) is 1.66. The maximum absolute atomic E-state index is 13.3. The smallest absolute Gasteiger partial charge is 0.261 e. The van der Waals surface area contributed by atoms with Crippen LogP contribution >= 0.6 is 15.9 Å². The lowest BCUT2D eigenvalue weighted by Gasteiger charge is -2.18. The molecule has 1 atom stereocenters. The topological polar surface area (TPSA) is 75.4 Å². The Hall–Kier alpha value is -2.51. The number of benzene rings is 2. The number of amides is 1. The summed E-state index contributed by atoms with van der Waals surface area (Å²) in [5.74, 6) is 0.230. The fourth-order valence-electron chi connectivity index (χ4n) is 4.15. The minimum absolute atomic E-state index is 0.0128. The van der Waals surface area contributed by atoms with E-state index in [4.69, 9.17) is 4.98 Å². The van der Waals surface area contributed by atoms with Crippen molar-refractivity contribution in [1.82, 2.24) is 9.55 Å². The van der Waals surface area contributed by atoms with Crippen LogP contribution in [0, 0.1) is 0 Å². The molecule has 1 aromatic heterocycles. The molecule has 156 valence electrons. The van der Waals surface area contributed by atoms with Gasteiger partial charge >= 0.3 is 0 Å². The lowest BCUT2D eigenvalue weighted by molar-refractivity contribution is -0.119. The summed E-state index contributed by atoms with van der Waals surface area (Å²) in [7, 11) is 0. The predicted octanol–water partition coefficient (Wildman–Crippen LogP) is 3.62. The van der Waals surface area contributed by atoms with E-state index in [-0.39, 0.29) is 18.1 Å². The second kappa shape index (κ2) is 8.70. The number of anilines is 1. The molecule has 1 aliphatic rings. The van der Waals surface area contributed by atoms with Crippen LogP contribution in [0.2, 0.25) is 0 Å².